The monoisotopic (exact) mass is 249 g/mol. The second-order valence-corrected chi connectivity index (χ2v) is 4.39. The number of carbonyl (C=O) groups is 1. The molecule has 1 aromatic carbocycles. The number of carbonyl (C=O) groups excluding carboxylic acids is 1. The van der Waals surface area contributed by atoms with Crippen LogP contribution in [0.1, 0.15) is 19.4 Å². The van der Waals surface area contributed by atoms with E-state index in [2.05, 4.69) is 22.3 Å². The molecule has 1 rings (SSSR count). The number of hydrogen-bond donors (Lipinski definition) is 1. The molecular formula is C14H23N3O. The Morgan fingerprint density at radius 3 is 2.11 bits per heavy atom. The van der Waals surface area contributed by atoms with E-state index < -0.39 is 0 Å². The van der Waals surface area contributed by atoms with Crippen molar-refractivity contribution in [2.24, 2.45) is 0 Å². The van der Waals surface area contributed by atoms with Gasteiger partial charge in [0.1, 0.15) is 0 Å². The number of amides is 2. The highest BCUT2D eigenvalue weighted by molar-refractivity contribution is 5.74. The molecule has 0 aliphatic rings. The van der Waals surface area contributed by atoms with Crippen molar-refractivity contribution in [3.05, 3.63) is 29.8 Å². The van der Waals surface area contributed by atoms with Crippen LogP contribution in [0, 0.1) is 0 Å². The summed E-state index contributed by atoms with van der Waals surface area (Å²) < 4.78 is 0. The normalized spacial score (nSPS) is 10.0. The summed E-state index contributed by atoms with van der Waals surface area (Å²) in [6.07, 6.45) is 0. The summed E-state index contributed by atoms with van der Waals surface area (Å²) in [4.78, 5) is 15.6. The van der Waals surface area contributed by atoms with Crippen LogP contribution in [-0.4, -0.2) is 38.1 Å². The van der Waals surface area contributed by atoms with E-state index in [4.69, 9.17) is 0 Å². The minimum atomic E-state index is -0.00307. The van der Waals surface area contributed by atoms with E-state index in [0.717, 1.165) is 24.3 Å². The zero-order valence-electron chi connectivity index (χ0n) is 11.7. The quantitative estimate of drug-likeness (QED) is 0.869. The van der Waals surface area contributed by atoms with Crippen molar-refractivity contribution in [3.8, 4) is 0 Å². The van der Waals surface area contributed by atoms with Gasteiger partial charge in [-0.3, -0.25) is 0 Å². The Hall–Kier alpha value is -1.71. The molecular weight excluding hydrogens is 226 g/mol. The van der Waals surface area contributed by atoms with E-state index in [-0.39, 0.29) is 6.03 Å². The Morgan fingerprint density at radius 2 is 1.67 bits per heavy atom. The van der Waals surface area contributed by atoms with Crippen LogP contribution >= 0.6 is 0 Å². The van der Waals surface area contributed by atoms with Crippen LogP contribution < -0.4 is 10.2 Å². The fourth-order valence-electron chi connectivity index (χ4n) is 1.71. The molecule has 0 radical (unpaired) electrons. The fraction of sp³-hybridized carbons (Fsp3) is 0.500. The molecule has 0 unspecified atom stereocenters. The topological polar surface area (TPSA) is 35.6 Å². The van der Waals surface area contributed by atoms with E-state index in [1.54, 1.807) is 4.90 Å². The zero-order chi connectivity index (χ0) is 13.5. The van der Waals surface area contributed by atoms with E-state index >= 15 is 0 Å². The van der Waals surface area contributed by atoms with Crippen LogP contribution in [-0.2, 0) is 6.54 Å². The van der Waals surface area contributed by atoms with Gasteiger partial charge in [-0.1, -0.05) is 12.1 Å². The SMILES string of the molecule is CCN(CC)C(=O)NCc1ccc(N(C)C)cc1. The summed E-state index contributed by atoms with van der Waals surface area (Å²) in [5, 5.41) is 2.92. The second-order valence-electron chi connectivity index (χ2n) is 4.39. The first kappa shape index (κ1) is 14.4. The molecule has 2 amide bonds. The molecule has 0 heterocycles. The number of anilines is 1. The van der Waals surface area contributed by atoms with Gasteiger partial charge in [0.2, 0.25) is 0 Å². The largest absolute Gasteiger partial charge is 0.378 e. The first-order chi connectivity index (χ1) is 8.58. The summed E-state index contributed by atoms with van der Waals surface area (Å²) in [6.45, 7) is 6.01. The molecule has 1 aromatic rings. The van der Waals surface area contributed by atoms with Crippen molar-refractivity contribution >= 4 is 11.7 Å². The molecule has 4 nitrogen and oxygen atoms in total. The third-order valence-electron chi connectivity index (χ3n) is 2.95. The first-order valence-corrected chi connectivity index (χ1v) is 6.37. The minimum absolute atomic E-state index is 0.00307. The maximum Gasteiger partial charge on any atom is 0.317 e. The Kier molecular flexibility index (Phi) is 5.49. The molecule has 0 aromatic heterocycles. The Balaban J connectivity index is 2.51. The van der Waals surface area contributed by atoms with Gasteiger partial charge in [-0.2, -0.15) is 0 Å². The van der Waals surface area contributed by atoms with E-state index in [1.165, 1.54) is 0 Å². The first-order valence-electron chi connectivity index (χ1n) is 6.37. The van der Waals surface area contributed by atoms with Crippen molar-refractivity contribution in [2.45, 2.75) is 20.4 Å². The Labute approximate surface area is 110 Å². The van der Waals surface area contributed by atoms with Gasteiger partial charge in [-0.05, 0) is 31.5 Å². The number of benzene rings is 1. The fourth-order valence-corrected chi connectivity index (χ4v) is 1.71. The summed E-state index contributed by atoms with van der Waals surface area (Å²) in [5.41, 5.74) is 2.27. The molecule has 4 heteroatoms. The highest BCUT2D eigenvalue weighted by atomic mass is 16.2. The maximum atomic E-state index is 11.8. The summed E-state index contributed by atoms with van der Waals surface area (Å²) in [6, 6.07) is 8.18. The molecule has 100 valence electrons. The van der Waals surface area contributed by atoms with E-state index in [9.17, 15) is 4.79 Å². The minimum Gasteiger partial charge on any atom is -0.378 e. The van der Waals surface area contributed by atoms with Crippen molar-refractivity contribution < 1.29 is 4.79 Å². The average Bonchev–Trinajstić information content (AvgIpc) is 2.38. The molecule has 0 aliphatic heterocycles. The molecule has 1 N–H and O–H groups in total. The molecule has 0 aliphatic carbocycles. The van der Waals surface area contributed by atoms with Gasteiger partial charge in [0.25, 0.3) is 0 Å². The van der Waals surface area contributed by atoms with Crippen molar-refractivity contribution in [3.63, 3.8) is 0 Å². The van der Waals surface area contributed by atoms with Gasteiger partial charge in [0.15, 0.2) is 0 Å². The lowest BCUT2D eigenvalue weighted by Gasteiger charge is -2.19. The lowest BCUT2D eigenvalue weighted by atomic mass is 10.2. The number of rotatable bonds is 5. The lowest BCUT2D eigenvalue weighted by Crippen LogP contribution is -2.39. The van der Waals surface area contributed by atoms with Crippen LogP contribution in [0.5, 0.6) is 0 Å². The van der Waals surface area contributed by atoms with Gasteiger partial charge in [0, 0.05) is 39.4 Å². The maximum absolute atomic E-state index is 11.8. The predicted octanol–water partition coefficient (Wildman–Crippen LogP) is 2.30. The van der Waals surface area contributed by atoms with Crippen molar-refractivity contribution in [1.29, 1.82) is 0 Å². The number of hydrogen-bond acceptors (Lipinski definition) is 2. The average molecular weight is 249 g/mol. The van der Waals surface area contributed by atoms with Crippen LogP contribution in [0.25, 0.3) is 0 Å². The zero-order valence-corrected chi connectivity index (χ0v) is 11.7. The number of urea groups is 1. The van der Waals surface area contributed by atoms with Crippen LogP contribution in [0.15, 0.2) is 24.3 Å². The van der Waals surface area contributed by atoms with Crippen LogP contribution in [0.3, 0.4) is 0 Å². The second kappa shape index (κ2) is 6.89. The standard InChI is InChI=1S/C14H23N3O/c1-5-17(6-2)14(18)15-11-12-7-9-13(10-8-12)16(3)4/h7-10H,5-6,11H2,1-4H3,(H,15,18). The van der Waals surface area contributed by atoms with Gasteiger partial charge >= 0.3 is 6.03 Å². The van der Waals surface area contributed by atoms with Gasteiger partial charge < -0.3 is 15.1 Å². The molecule has 0 spiro atoms. The third kappa shape index (κ3) is 3.95. The van der Waals surface area contributed by atoms with Crippen molar-refractivity contribution in [2.75, 3.05) is 32.1 Å². The number of nitrogens with zero attached hydrogens (tertiary/aromatic N) is 2. The molecule has 0 bridgehead atoms. The van der Waals surface area contributed by atoms with Gasteiger partial charge in [-0.25, -0.2) is 4.79 Å². The molecule has 0 fully saturated rings. The van der Waals surface area contributed by atoms with Gasteiger partial charge in [0.05, 0.1) is 0 Å². The molecule has 18 heavy (non-hydrogen) atoms. The highest BCUT2D eigenvalue weighted by Gasteiger charge is 2.07. The highest BCUT2D eigenvalue weighted by Crippen LogP contribution is 2.11. The summed E-state index contributed by atoms with van der Waals surface area (Å²) >= 11 is 0. The Bertz CT molecular complexity index is 369. The Morgan fingerprint density at radius 1 is 1.11 bits per heavy atom. The molecule has 0 saturated heterocycles. The summed E-state index contributed by atoms with van der Waals surface area (Å²) in [5.74, 6) is 0. The van der Waals surface area contributed by atoms with Crippen LogP contribution in [0.2, 0.25) is 0 Å². The van der Waals surface area contributed by atoms with E-state index in [1.807, 2.05) is 40.1 Å². The van der Waals surface area contributed by atoms with Gasteiger partial charge in [-0.15, -0.1) is 0 Å². The summed E-state index contributed by atoms with van der Waals surface area (Å²) in [7, 11) is 4.02. The smallest absolute Gasteiger partial charge is 0.317 e. The van der Waals surface area contributed by atoms with E-state index in [0.29, 0.717) is 6.54 Å². The number of nitrogens with one attached hydrogen (secondary N) is 1. The third-order valence-corrected chi connectivity index (χ3v) is 2.95. The van der Waals surface area contributed by atoms with Crippen LogP contribution in [0.4, 0.5) is 10.5 Å². The van der Waals surface area contributed by atoms with Crippen molar-refractivity contribution in [1.82, 2.24) is 10.2 Å². The molecule has 0 atom stereocenters. The lowest BCUT2D eigenvalue weighted by molar-refractivity contribution is 0.203. The predicted molar refractivity (Wildman–Crippen MR) is 75.9 cm³/mol. The molecule has 0 saturated carbocycles.